The molecular weight excluding hydrogens is 354 g/mol. The number of nitrogens with zero attached hydrogens (tertiary/aromatic N) is 4. The molecule has 1 saturated carbocycles. The Morgan fingerprint density at radius 3 is 2.57 bits per heavy atom. The Balaban J connectivity index is 1.17. The van der Waals surface area contributed by atoms with Crippen molar-refractivity contribution in [3.05, 3.63) is 18.5 Å². The van der Waals surface area contributed by atoms with Gasteiger partial charge in [0.1, 0.15) is 0 Å². The van der Waals surface area contributed by atoms with Crippen LogP contribution in [0.25, 0.3) is 0 Å². The quantitative estimate of drug-likeness (QED) is 0.720. The number of likely N-dealkylation sites (tertiary alicyclic amines) is 2. The van der Waals surface area contributed by atoms with E-state index in [0.717, 1.165) is 77.7 Å². The summed E-state index contributed by atoms with van der Waals surface area (Å²) in [6.07, 6.45) is 11.0. The van der Waals surface area contributed by atoms with Crippen molar-refractivity contribution in [2.75, 3.05) is 32.7 Å². The summed E-state index contributed by atoms with van der Waals surface area (Å²) in [6.45, 7) is 5.28. The van der Waals surface area contributed by atoms with Crippen molar-refractivity contribution in [3.8, 4) is 0 Å². The molecule has 1 atom stereocenters. The van der Waals surface area contributed by atoms with E-state index in [9.17, 15) is 9.59 Å². The van der Waals surface area contributed by atoms with E-state index in [1.165, 1.54) is 0 Å². The molecule has 7 heteroatoms. The minimum Gasteiger partial charge on any atom is -0.356 e. The Hall–Kier alpha value is -1.89. The lowest BCUT2D eigenvalue weighted by Gasteiger charge is -2.42. The number of rotatable bonds is 7. The molecule has 7 nitrogen and oxygen atoms in total. The second kappa shape index (κ2) is 9.07. The van der Waals surface area contributed by atoms with Crippen LogP contribution in [-0.4, -0.2) is 70.2 Å². The molecule has 1 aromatic rings. The maximum atomic E-state index is 12.6. The van der Waals surface area contributed by atoms with Gasteiger partial charge in [0.05, 0.1) is 5.92 Å². The van der Waals surface area contributed by atoms with Gasteiger partial charge in [-0.1, -0.05) is 0 Å². The molecule has 4 rings (SSSR count). The van der Waals surface area contributed by atoms with Crippen LogP contribution in [-0.2, 0) is 16.1 Å². The number of hydrogen-bond acceptors (Lipinski definition) is 4. The second-order valence-electron chi connectivity index (χ2n) is 8.58. The number of piperidine rings is 2. The van der Waals surface area contributed by atoms with Crippen LogP contribution in [0.2, 0.25) is 0 Å². The number of aryl methyl sites for hydroxylation is 1. The maximum Gasteiger partial charge on any atom is 0.225 e. The number of carbonyl (C=O) groups is 2. The van der Waals surface area contributed by atoms with Gasteiger partial charge in [0.25, 0.3) is 0 Å². The average Bonchev–Trinajstić information content (AvgIpc) is 3.46. The van der Waals surface area contributed by atoms with Crippen LogP contribution in [0.1, 0.15) is 44.9 Å². The maximum absolute atomic E-state index is 12.6. The normalized spacial score (nSPS) is 24.3. The zero-order valence-electron chi connectivity index (χ0n) is 16.8. The second-order valence-corrected chi connectivity index (χ2v) is 8.58. The zero-order chi connectivity index (χ0) is 19.3. The van der Waals surface area contributed by atoms with Crippen molar-refractivity contribution in [1.82, 2.24) is 24.9 Å². The smallest absolute Gasteiger partial charge is 0.225 e. The summed E-state index contributed by atoms with van der Waals surface area (Å²) in [5.74, 6) is 1.01. The topological polar surface area (TPSA) is 70.5 Å². The Bertz CT molecular complexity index is 650. The monoisotopic (exact) mass is 387 g/mol. The predicted octanol–water partition coefficient (Wildman–Crippen LogP) is 1.50. The molecule has 1 unspecified atom stereocenters. The average molecular weight is 388 g/mol. The van der Waals surface area contributed by atoms with Gasteiger partial charge in [0.15, 0.2) is 0 Å². The molecule has 1 aliphatic carbocycles. The van der Waals surface area contributed by atoms with Crippen molar-refractivity contribution in [2.45, 2.75) is 57.5 Å². The van der Waals surface area contributed by atoms with Crippen molar-refractivity contribution >= 4 is 11.8 Å². The van der Waals surface area contributed by atoms with Crippen molar-refractivity contribution in [1.29, 1.82) is 0 Å². The first-order valence-corrected chi connectivity index (χ1v) is 11.0. The van der Waals surface area contributed by atoms with Gasteiger partial charge in [-0.2, -0.15) is 5.10 Å². The molecule has 0 aromatic carbocycles. The van der Waals surface area contributed by atoms with Gasteiger partial charge in [-0.05, 0) is 57.6 Å². The number of amides is 2. The van der Waals surface area contributed by atoms with Crippen LogP contribution < -0.4 is 5.32 Å². The van der Waals surface area contributed by atoms with Gasteiger partial charge in [-0.15, -0.1) is 0 Å². The lowest BCUT2D eigenvalue weighted by Crippen LogP contribution is -2.51. The van der Waals surface area contributed by atoms with Crippen LogP contribution >= 0.6 is 0 Å². The summed E-state index contributed by atoms with van der Waals surface area (Å²) in [5.41, 5.74) is 0. The van der Waals surface area contributed by atoms with Gasteiger partial charge in [-0.25, -0.2) is 0 Å². The molecule has 3 fully saturated rings. The summed E-state index contributed by atoms with van der Waals surface area (Å²) < 4.78 is 1.90. The first kappa shape index (κ1) is 19.4. The first-order chi connectivity index (χ1) is 13.7. The van der Waals surface area contributed by atoms with E-state index < -0.39 is 0 Å². The molecular formula is C21H33N5O2. The van der Waals surface area contributed by atoms with Crippen molar-refractivity contribution < 1.29 is 9.59 Å². The molecule has 1 aromatic heterocycles. The fourth-order valence-corrected chi connectivity index (χ4v) is 4.62. The van der Waals surface area contributed by atoms with E-state index in [1.54, 1.807) is 6.20 Å². The van der Waals surface area contributed by atoms with Crippen LogP contribution in [0.4, 0.5) is 0 Å². The van der Waals surface area contributed by atoms with E-state index in [1.807, 2.05) is 16.9 Å². The third-order valence-electron chi connectivity index (χ3n) is 6.47. The fourth-order valence-electron chi connectivity index (χ4n) is 4.62. The van der Waals surface area contributed by atoms with E-state index in [4.69, 9.17) is 0 Å². The SMILES string of the molecule is O=C(NCCCn1cccn1)C1CCCN(C2CCN(C(=O)C3CC3)CC2)C1. The number of aromatic nitrogens is 2. The molecule has 3 aliphatic rings. The van der Waals surface area contributed by atoms with Crippen LogP contribution in [0, 0.1) is 11.8 Å². The van der Waals surface area contributed by atoms with Crippen molar-refractivity contribution in [3.63, 3.8) is 0 Å². The standard InChI is InChI=1S/C21H33N5O2/c27-20(22-9-2-12-26-13-3-10-23-26)18-4-1-11-25(16-18)19-7-14-24(15-8-19)21(28)17-5-6-17/h3,10,13,17-19H,1-2,4-9,11-12,14-16H2,(H,22,27). The Kier molecular flexibility index (Phi) is 6.29. The van der Waals surface area contributed by atoms with Crippen LogP contribution in [0.5, 0.6) is 0 Å². The Morgan fingerprint density at radius 1 is 1.04 bits per heavy atom. The first-order valence-electron chi connectivity index (χ1n) is 11.0. The molecule has 0 spiro atoms. The predicted molar refractivity (Wildman–Crippen MR) is 106 cm³/mol. The summed E-state index contributed by atoms with van der Waals surface area (Å²) in [7, 11) is 0. The largest absolute Gasteiger partial charge is 0.356 e. The van der Waals surface area contributed by atoms with E-state index in [-0.39, 0.29) is 11.8 Å². The van der Waals surface area contributed by atoms with Gasteiger partial charge in [0.2, 0.25) is 11.8 Å². The molecule has 2 saturated heterocycles. The van der Waals surface area contributed by atoms with Gasteiger partial charge < -0.3 is 10.2 Å². The number of hydrogen-bond donors (Lipinski definition) is 1. The molecule has 3 heterocycles. The highest BCUT2D eigenvalue weighted by atomic mass is 16.2. The highest BCUT2D eigenvalue weighted by Gasteiger charge is 2.37. The molecule has 0 bridgehead atoms. The van der Waals surface area contributed by atoms with Gasteiger partial charge in [0, 0.05) is 57.1 Å². The minimum absolute atomic E-state index is 0.101. The summed E-state index contributed by atoms with van der Waals surface area (Å²) in [5, 5.41) is 7.31. The third-order valence-corrected chi connectivity index (χ3v) is 6.47. The van der Waals surface area contributed by atoms with E-state index >= 15 is 0 Å². The molecule has 2 aliphatic heterocycles. The summed E-state index contributed by atoms with van der Waals surface area (Å²) >= 11 is 0. The number of carbonyl (C=O) groups excluding carboxylic acids is 2. The molecule has 2 amide bonds. The highest BCUT2D eigenvalue weighted by molar-refractivity contribution is 5.81. The Labute approximate surface area is 167 Å². The highest BCUT2D eigenvalue weighted by Crippen LogP contribution is 2.32. The molecule has 154 valence electrons. The minimum atomic E-state index is 0.101. The zero-order valence-corrected chi connectivity index (χ0v) is 16.8. The van der Waals surface area contributed by atoms with Crippen LogP contribution in [0.3, 0.4) is 0 Å². The molecule has 28 heavy (non-hydrogen) atoms. The van der Waals surface area contributed by atoms with E-state index in [0.29, 0.717) is 24.4 Å². The third kappa shape index (κ3) is 4.93. The molecule has 0 radical (unpaired) electrons. The number of nitrogens with one attached hydrogen (secondary N) is 1. The van der Waals surface area contributed by atoms with Crippen LogP contribution in [0.15, 0.2) is 18.5 Å². The van der Waals surface area contributed by atoms with Gasteiger partial charge in [-0.3, -0.25) is 19.2 Å². The lowest BCUT2D eigenvalue weighted by atomic mass is 9.93. The lowest BCUT2D eigenvalue weighted by molar-refractivity contribution is -0.134. The van der Waals surface area contributed by atoms with E-state index in [2.05, 4.69) is 20.2 Å². The van der Waals surface area contributed by atoms with Gasteiger partial charge >= 0.3 is 0 Å². The summed E-state index contributed by atoms with van der Waals surface area (Å²) in [6, 6.07) is 2.44. The molecule has 1 N–H and O–H groups in total. The Morgan fingerprint density at radius 2 is 1.86 bits per heavy atom. The fraction of sp³-hybridized carbons (Fsp3) is 0.762. The van der Waals surface area contributed by atoms with Crippen molar-refractivity contribution in [2.24, 2.45) is 11.8 Å². The summed E-state index contributed by atoms with van der Waals surface area (Å²) in [4.78, 5) is 29.4.